The van der Waals surface area contributed by atoms with E-state index in [2.05, 4.69) is 15.5 Å². The molecule has 0 bridgehead atoms. The summed E-state index contributed by atoms with van der Waals surface area (Å²) in [7, 11) is 0. The largest absolute Gasteiger partial charge is 0.395 e. The topological polar surface area (TPSA) is 102 Å². The number of carbonyl (C=O) groups excluding carboxylic acids is 3. The van der Waals surface area contributed by atoms with Crippen molar-refractivity contribution in [3.05, 3.63) is 34.9 Å². The van der Waals surface area contributed by atoms with Crippen molar-refractivity contribution < 1.29 is 19.5 Å². The number of likely N-dealkylation sites (tertiary alicyclic amines) is 1. The molecule has 3 aliphatic rings. The number of rotatable bonds is 6. The highest BCUT2D eigenvalue weighted by molar-refractivity contribution is 6.05. The smallest absolute Gasteiger partial charge is 0.255 e. The number of aliphatic hydroxyl groups excluding tert-OH is 1. The van der Waals surface area contributed by atoms with Gasteiger partial charge in [-0.1, -0.05) is 18.2 Å². The summed E-state index contributed by atoms with van der Waals surface area (Å²) in [5.74, 6) is -0.751. The van der Waals surface area contributed by atoms with Crippen molar-refractivity contribution in [2.75, 3.05) is 26.2 Å². The molecule has 2 fully saturated rings. The van der Waals surface area contributed by atoms with Gasteiger partial charge in [0.15, 0.2) is 0 Å². The van der Waals surface area contributed by atoms with Crippen molar-refractivity contribution in [1.82, 2.24) is 20.4 Å². The van der Waals surface area contributed by atoms with Crippen molar-refractivity contribution >= 4 is 17.7 Å². The second-order valence-corrected chi connectivity index (χ2v) is 8.08. The van der Waals surface area contributed by atoms with Gasteiger partial charge in [0.2, 0.25) is 11.8 Å². The molecule has 1 aromatic rings. The van der Waals surface area contributed by atoms with Gasteiger partial charge in [-0.25, -0.2) is 0 Å². The second kappa shape index (κ2) is 8.61. The van der Waals surface area contributed by atoms with Gasteiger partial charge in [-0.05, 0) is 43.5 Å². The molecule has 8 heteroatoms. The molecule has 3 aliphatic heterocycles. The molecular formula is C21H28N4O4. The van der Waals surface area contributed by atoms with Crippen molar-refractivity contribution in [2.45, 2.75) is 50.9 Å². The number of nitrogens with zero attached hydrogens (tertiary/aromatic N) is 2. The Bertz CT molecular complexity index is 804. The van der Waals surface area contributed by atoms with Crippen molar-refractivity contribution in [3.63, 3.8) is 0 Å². The van der Waals surface area contributed by atoms with Crippen molar-refractivity contribution in [1.29, 1.82) is 0 Å². The Morgan fingerprint density at radius 3 is 2.66 bits per heavy atom. The minimum Gasteiger partial charge on any atom is -0.395 e. The third-order valence-electron chi connectivity index (χ3n) is 6.17. The van der Waals surface area contributed by atoms with Crippen LogP contribution in [0.3, 0.4) is 0 Å². The summed E-state index contributed by atoms with van der Waals surface area (Å²) in [5, 5.41) is 14.7. The van der Waals surface area contributed by atoms with Gasteiger partial charge in [-0.2, -0.15) is 0 Å². The van der Waals surface area contributed by atoms with Gasteiger partial charge < -0.3 is 15.3 Å². The lowest BCUT2D eigenvalue weighted by atomic mass is 10.00. The number of amides is 3. The average molecular weight is 400 g/mol. The third kappa shape index (κ3) is 4.19. The molecule has 156 valence electrons. The standard InChI is InChI=1S/C21H28N4O4/c26-11-8-22-16-6-9-24(10-7-16)12-14-2-1-3-15-13-25(21(29)19(14)15)17-4-5-18(27)23-20(17)28/h1-3,16-17,22,26H,4-13H2,(H,23,27,28). The normalized spacial score (nSPS) is 23.4. The Labute approximate surface area is 170 Å². The summed E-state index contributed by atoms with van der Waals surface area (Å²) in [6, 6.07) is 5.79. The van der Waals surface area contributed by atoms with Gasteiger partial charge in [-0.15, -0.1) is 0 Å². The lowest BCUT2D eigenvalue weighted by Crippen LogP contribution is -2.52. The van der Waals surface area contributed by atoms with Crippen LogP contribution in [0.2, 0.25) is 0 Å². The molecule has 0 spiro atoms. The van der Waals surface area contributed by atoms with Crippen LogP contribution in [0, 0.1) is 0 Å². The predicted molar refractivity (Wildman–Crippen MR) is 106 cm³/mol. The van der Waals surface area contributed by atoms with Crippen molar-refractivity contribution in [3.8, 4) is 0 Å². The van der Waals surface area contributed by atoms with Crippen molar-refractivity contribution in [2.24, 2.45) is 0 Å². The van der Waals surface area contributed by atoms with E-state index in [-0.39, 0.29) is 30.7 Å². The number of aliphatic hydroxyl groups is 1. The molecule has 0 aromatic heterocycles. The molecule has 2 saturated heterocycles. The van der Waals surface area contributed by atoms with Gasteiger partial charge in [0.05, 0.1) is 6.61 Å². The van der Waals surface area contributed by atoms with Gasteiger partial charge in [0.25, 0.3) is 5.91 Å². The van der Waals surface area contributed by atoms with Crippen LogP contribution < -0.4 is 10.6 Å². The zero-order chi connectivity index (χ0) is 20.4. The highest BCUT2D eigenvalue weighted by Gasteiger charge is 2.40. The molecule has 8 nitrogen and oxygen atoms in total. The lowest BCUT2D eigenvalue weighted by Gasteiger charge is -2.32. The van der Waals surface area contributed by atoms with Crippen LogP contribution in [-0.4, -0.2) is 71.0 Å². The monoisotopic (exact) mass is 400 g/mol. The molecule has 0 aliphatic carbocycles. The first-order valence-corrected chi connectivity index (χ1v) is 10.4. The fourth-order valence-corrected chi connectivity index (χ4v) is 4.63. The summed E-state index contributed by atoms with van der Waals surface area (Å²) >= 11 is 0. The van der Waals surface area contributed by atoms with Crippen LogP contribution in [0.25, 0.3) is 0 Å². The summed E-state index contributed by atoms with van der Waals surface area (Å²) in [5.41, 5.74) is 2.68. The minimum atomic E-state index is -0.575. The van der Waals surface area contributed by atoms with Crippen LogP contribution in [0.1, 0.15) is 47.2 Å². The van der Waals surface area contributed by atoms with E-state index >= 15 is 0 Å². The number of carbonyl (C=O) groups is 3. The maximum Gasteiger partial charge on any atom is 0.255 e. The highest BCUT2D eigenvalue weighted by atomic mass is 16.3. The first-order chi connectivity index (χ1) is 14.1. The Kier molecular flexibility index (Phi) is 5.94. The number of piperidine rings is 2. The van der Waals surface area contributed by atoms with E-state index in [1.807, 2.05) is 18.2 Å². The second-order valence-electron chi connectivity index (χ2n) is 8.08. The SMILES string of the molecule is O=C1CCC(N2Cc3cccc(CN4CCC(NCCO)CC4)c3C2=O)C(=O)N1. The van der Waals surface area contributed by atoms with Crippen LogP contribution in [0.4, 0.5) is 0 Å². The quantitative estimate of drug-likeness (QED) is 0.581. The van der Waals surface area contributed by atoms with E-state index in [0.29, 0.717) is 32.1 Å². The number of benzene rings is 1. The third-order valence-corrected chi connectivity index (χ3v) is 6.17. The number of hydrogen-bond acceptors (Lipinski definition) is 6. The van der Waals surface area contributed by atoms with E-state index < -0.39 is 6.04 Å². The molecule has 1 unspecified atom stereocenters. The Morgan fingerprint density at radius 1 is 1.14 bits per heavy atom. The molecule has 29 heavy (non-hydrogen) atoms. The van der Waals surface area contributed by atoms with E-state index in [0.717, 1.165) is 42.6 Å². The van der Waals surface area contributed by atoms with E-state index in [1.165, 1.54) is 0 Å². The van der Waals surface area contributed by atoms with Gasteiger partial charge in [-0.3, -0.25) is 24.6 Å². The fraction of sp³-hybridized carbons (Fsp3) is 0.571. The molecule has 3 amide bonds. The Balaban J connectivity index is 1.43. The Morgan fingerprint density at radius 2 is 1.93 bits per heavy atom. The molecule has 1 aromatic carbocycles. The highest BCUT2D eigenvalue weighted by Crippen LogP contribution is 2.30. The van der Waals surface area contributed by atoms with Crippen LogP contribution in [0.5, 0.6) is 0 Å². The molecule has 4 rings (SSSR count). The molecule has 3 N–H and O–H groups in total. The zero-order valence-electron chi connectivity index (χ0n) is 16.5. The van der Waals surface area contributed by atoms with Gasteiger partial charge in [0, 0.05) is 37.7 Å². The number of imide groups is 1. The lowest BCUT2D eigenvalue weighted by molar-refractivity contribution is -0.136. The van der Waals surface area contributed by atoms with Crippen LogP contribution in [0.15, 0.2) is 18.2 Å². The Hall–Kier alpha value is -2.29. The maximum atomic E-state index is 13.2. The first kappa shape index (κ1) is 20.0. The summed E-state index contributed by atoms with van der Waals surface area (Å²) in [4.78, 5) is 40.8. The van der Waals surface area contributed by atoms with Gasteiger partial charge in [0.1, 0.15) is 6.04 Å². The van der Waals surface area contributed by atoms with E-state index in [4.69, 9.17) is 5.11 Å². The minimum absolute atomic E-state index is 0.107. The van der Waals surface area contributed by atoms with Crippen LogP contribution >= 0.6 is 0 Å². The summed E-state index contributed by atoms with van der Waals surface area (Å²) < 4.78 is 0. The molecular weight excluding hydrogens is 372 g/mol. The fourth-order valence-electron chi connectivity index (χ4n) is 4.63. The average Bonchev–Trinajstić information content (AvgIpc) is 3.05. The van der Waals surface area contributed by atoms with E-state index in [9.17, 15) is 14.4 Å². The number of hydrogen-bond donors (Lipinski definition) is 3. The molecule has 3 heterocycles. The van der Waals surface area contributed by atoms with Crippen LogP contribution in [-0.2, 0) is 22.7 Å². The van der Waals surface area contributed by atoms with E-state index in [1.54, 1.807) is 4.90 Å². The number of fused-ring (bicyclic) bond motifs is 1. The summed E-state index contributed by atoms with van der Waals surface area (Å²) in [6.45, 7) is 3.80. The first-order valence-electron chi connectivity index (χ1n) is 10.4. The molecule has 0 saturated carbocycles. The predicted octanol–water partition coefficient (Wildman–Crippen LogP) is -0.00610. The number of nitrogens with one attached hydrogen (secondary N) is 2. The summed E-state index contributed by atoms with van der Waals surface area (Å²) in [6.07, 6.45) is 2.69. The maximum absolute atomic E-state index is 13.2. The van der Waals surface area contributed by atoms with Gasteiger partial charge >= 0.3 is 0 Å². The molecule has 1 atom stereocenters. The zero-order valence-corrected chi connectivity index (χ0v) is 16.5. The molecule has 0 radical (unpaired) electrons.